The van der Waals surface area contributed by atoms with Crippen LogP contribution in [0.3, 0.4) is 0 Å². The summed E-state index contributed by atoms with van der Waals surface area (Å²) in [7, 11) is 0. The molecular weight excluding hydrogens is 246 g/mol. The van der Waals surface area contributed by atoms with Gasteiger partial charge in [0, 0.05) is 19.7 Å². The van der Waals surface area contributed by atoms with E-state index >= 15 is 0 Å². The van der Waals surface area contributed by atoms with E-state index < -0.39 is 17.3 Å². The summed E-state index contributed by atoms with van der Waals surface area (Å²) in [5.74, 6) is -1.45. The van der Waals surface area contributed by atoms with Crippen molar-refractivity contribution in [2.24, 2.45) is 23.2 Å². The second kappa shape index (κ2) is 5.12. The van der Waals surface area contributed by atoms with E-state index in [2.05, 4.69) is 0 Å². The Morgan fingerprint density at radius 1 is 1.32 bits per heavy atom. The average Bonchev–Trinajstić information content (AvgIpc) is 2.92. The summed E-state index contributed by atoms with van der Waals surface area (Å²) >= 11 is 0. The van der Waals surface area contributed by atoms with Gasteiger partial charge in [-0.3, -0.25) is 9.59 Å². The number of carboxylic acids is 1. The van der Waals surface area contributed by atoms with E-state index in [-0.39, 0.29) is 18.4 Å². The smallest absolute Gasteiger partial charge is 0.307 e. The molecule has 108 valence electrons. The van der Waals surface area contributed by atoms with Crippen LogP contribution in [0, 0.1) is 23.2 Å². The molecule has 19 heavy (non-hydrogen) atoms. The molecule has 1 amide bonds. The maximum absolute atomic E-state index is 12.4. The molecule has 1 saturated carbocycles. The number of amides is 1. The predicted octanol–water partition coefficient (Wildman–Crippen LogP) is 0.964. The lowest BCUT2D eigenvalue weighted by atomic mass is 9.94. The molecule has 3 unspecified atom stereocenters. The van der Waals surface area contributed by atoms with Crippen LogP contribution in [-0.2, 0) is 9.59 Å². The van der Waals surface area contributed by atoms with Crippen LogP contribution in [0.15, 0.2) is 0 Å². The third-order valence-electron chi connectivity index (χ3n) is 4.73. The van der Waals surface area contributed by atoms with Crippen LogP contribution in [0.4, 0.5) is 0 Å². The van der Waals surface area contributed by atoms with E-state index in [0.29, 0.717) is 12.5 Å². The number of carbonyl (C=O) groups is 2. The molecule has 0 aromatic heterocycles. The molecule has 0 spiro atoms. The van der Waals surface area contributed by atoms with Crippen LogP contribution in [0.2, 0.25) is 0 Å². The first-order valence-corrected chi connectivity index (χ1v) is 7.02. The summed E-state index contributed by atoms with van der Waals surface area (Å²) in [6.07, 6.45) is 2.71. The van der Waals surface area contributed by atoms with Crippen molar-refractivity contribution >= 4 is 11.9 Å². The monoisotopic (exact) mass is 269 g/mol. The number of rotatable bonds is 4. The number of carbonyl (C=O) groups excluding carboxylic acids is 1. The zero-order valence-electron chi connectivity index (χ0n) is 11.6. The molecule has 2 N–H and O–H groups in total. The standard InChI is InChI=1S/C14H23NO4/c1-14(2)10(11(14)13(18)19)12(17)15-6-3-4-9(8-15)5-7-16/h9-11,16H,3-8H2,1-2H3,(H,18,19). The molecule has 2 fully saturated rings. The van der Waals surface area contributed by atoms with Gasteiger partial charge in [-0.2, -0.15) is 0 Å². The normalized spacial score (nSPS) is 33.0. The van der Waals surface area contributed by atoms with E-state index in [1.54, 1.807) is 4.90 Å². The lowest BCUT2D eigenvalue weighted by Crippen LogP contribution is -2.41. The van der Waals surface area contributed by atoms with Crippen molar-refractivity contribution in [2.75, 3.05) is 19.7 Å². The second-order valence-corrected chi connectivity index (χ2v) is 6.42. The molecule has 0 bridgehead atoms. The number of nitrogens with zero attached hydrogens (tertiary/aromatic N) is 1. The summed E-state index contributed by atoms with van der Waals surface area (Å²) in [4.78, 5) is 25.4. The molecule has 5 nitrogen and oxygen atoms in total. The van der Waals surface area contributed by atoms with Crippen molar-refractivity contribution in [3.05, 3.63) is 0 Å². The number of carboxylic acid groups (broad SMARTS) is 1. The lowest BCUT2D eigenvalue weighted by Gasteiger charge is -2.33. The summed E-state index contributed by atoms with van der Waals surface area (Å²) in [6, 6.07) is 0. The minimum absolute atomic E-state index is 0.0139. The number of hydrogen-bond donors (Lipinski definition) is 2. The Hall–Kier alpha value is -1.10. The Bertz CT molecular complexity index is 378. The van der Waals surface area contributed by atoms with Gasteiger partial charge in [-0.25, -0.2) is 0 Å². The van der Waals surface area contributed by atoms with Crippen LogP contribution in [0.5, 0.6) is 0 Å². The maximum Gasteiger partial charge on any atom is 0.307 e. The number of aliphatic carboxylic acids is 1. The van der Waals surface area contributed by atoms with E-state index in [9.17, 15) is 9.59 Å². The molecule has 3 atom stereocenters. The quantitative estimate of drug-likeness (QED) is 0.797. The maximum atomic E-state index is 12.4. The van der Waals surface area contributed by atoms with Crippen molar-refractivity contribution in [2.45, 2.75) is 33.1 Å². The molecule has 1 aliphatic heterocycles. The number of aliphatic hydroxyl groups is 1. The Labute approximate surface area is 113 Å². The third-order valence-corrected chi connectivity index (χ3v) is 4.73. The fourth-order valence-corrected chi connectivity index (χ4v) is 3.44. The van der Waals surface area contributed by atoms with Crippen LogP contribution in [0.25, 0.3) is 0 Å². The lowest BCUT2D eigenvalue weighted by molar-refractivity contribution is -0.142. The molecule has 1 saturated heterocycles. The molecule has 1 heterocycles. The van der Waals surface area contributed by atoms with Gasteiger partial charge < -0.3 is 15.1 Å². The van der Waals surface area contributed by atoms with Crippen molar-refractivity contribution in [3.63, 3.8) is 0 Å². The van der Waals surface area contributed by atoms with Gasteiger partial charge in [0.15, 0.2) is 0 Å². The van der Waals surface area contributed by atoms with Crippen LogP contribution < -0.4 is 0 Å². The molecule has 0 radical (unpaired) electrons. The number of aliphatic hydroxyl groups excluding tert-OH is 1. The van der Waals surface area contributed by atoms with Gasteiger partial charge in [0.2, 0.25) is 5.91 Å². The van der Waals surface area contributed by atoms with Crippen molar-refractivity contribution in [1.82, 2.24) is 4.90 Å². The van der Waals surface area contributed by atoms with Gasteiger partial charge in [-0.05, 0) is 30.6 Å². The SMILES string of the molecule is CC1(C)C(C(=O)O)C1C(=O)N1CCCC(CCO)C1. The van der Waals surface area contributed by atoms with Gasteiger partial charge in [0.1, 0.15) is 0 Å². The second-order valence-electron chi connectivity index (χ2n) is 6.42. The van der Waals surface area contributed by atoms with Gasteiger partial charge in [-0.1, -0.05) is 13.8 Å². The topological polar surface area (TPSA) is 77.8 Å². The first-order valence-electron chi connectivity index (χ1n) is 7.02. The van der Waals surface area contributed by atoms with Crippen LogP contribution in [-0.4, -0.2) is 46.7 Å². The minimum atomic E-state index is -0.868. The van der Waals surface area contributed by atoms with Crippen LogP contribution >= 0.6 is 0 Å². The van der Waals surface area contributed by atoms with Gasteiger partial charge >= 0.3 is 5.97 Å². The van der Waals surface area contributed by atoms with Crippen molar-refractivity contribution in [1.29, 1.82) is 0 Å². The first-order chi connectivity index (χ1) is 8.89. The zero-order valence-corrected chi connectivity index (χ0v) is 11.6. The molecule has 2 rings (SSSR count). The first kappa shape index (κ1) is 14.3. The molecule has 1 aliphatic carbocycles. The molecule has 0 aromatic carbocycles. The fourth-order valence-electron chi connectivity index (χ4n) is 3.44. The number of hydrogen-bond acceptors (Lipinski definition) is 3. The highest BCUT2D eigenvalue weighted by Crippen LogP contribution is 2.59. The fraction of sp³-hybridized carbons (Fsp3) is 0.857. The van der Waals surface area contributed by atoms with E-state index in [1.807, 2.05) is 13.8 Å². The summed E-state index contributed by atoms with van der Waals surface area (Å²) in [6.45, 7) is 5.24. The van der Waals surface area contributed by atoms with E-state index in [4.69, 9.17) is 10.2 Å². The highest BCUT2D eigenvalue weighted by atomic mass is 16.4. The van der Waals surface area contributed by atoms with Gasteiger partial charge in [0.05, 0.1) is 11.8 Å². The van der Waals surface area contributed by atoms with Gasteiger partial charge in [-0.15, -0.1) is 0 Å². The van der Waals surface area contributed by atoms with E-state index in [0.717, 1.165) is 25.8 Å². The largest absolute Gasteiger partial charge is 0.481 e. The number of piperidine rings is 1. The molecule has 2 aliphatic rings. The molecular formula is C14H23NO4. The Morgan fingerprint density at radius 2 is 2.00 bits per heavy atom. The number of likely N-dealkylation sites (tertiary alicyclic amines) is 1. The van der Waals surface area contributed by atoms with Crippen molar-refractivity contribution in [3.8, 4) is 0 Å². The highest BCUT2D eigenvalue weighted by Gasteiger charge is 2.66. The minimum Gasteiger partial charge on any atom is -0.481 e. The Kier molecular flexibility index (Phi) is 3.85. The highest BCUT2D eigenvalue weighted by molar-refractivity contribution is 5.91. The predicted molar refractivity (Wildman–Crippen MR) is 69.4 cm³/mol. The average molecular weight is 269 g/mol. The third kappa shape index (κ3) is 2.61. The van der Waals surface area contributed by atoms with E-state index in [1.165, 1.54) is 0 Å². The van der Waals surface area contributed by atoms with Gasteiger partial charge in [0.25, 0.3) is 0 Å². The Balaban J connectivity index is 1.99. The summed E-state index contributed by atoms with van der Waals surface area (Å²) in [5.41, 5.74) is -0.424. The zero-order chi connectivity index (χ0) is 14.2. The molecule has 5 heteroatoms. The summed E-state index contributed by atoms with van der Waals surface area (Å²) < 4.78 is 0. The van der Waals surface area contributed by atoms with Crippen molar-refractivity contribution < 1.29 is 19.8 Å². The Morgan fingerprint density at radius 3 is 2.53 bits per heavy atom. The summed E-state index contributed by atoms with van der Waals surface area (Å²) in [5, 5.41) is 18.1. The van der Waals surface area contributed by atoms with Crippen LogP contribution in [0.1, 0.15) is 33.1 Å². The molecule has 0 aromatic rings.